The molecular weight excluding hydrogens is 327 g/mol. The van der Waals surface area contributed by atoms with Crippen LogP contribution in [0.1, 0.15) is 61.5 Å². The second kappa shape index (κ2) is 8.63. The van der Waals surface area contributed by atoms with E-state index in [4.69, 9.17) is 4.74 Å². The second-order valence-corrected chi connectivity index (χ2v) is 8.36. The topological polar surface area (TPSA) is 26.3 Å². The molecule has 0 amide bonds. The Morgan fingerprint density at radius 2 is 1.88 bits per heavy atom. The van der Waals surface area contributed by atoms with Crippen LogP contribution in [0, 0.1) is 6.92 Å². The smallest absolute Gasteiger partial charge is 0.160 e. The summed E-state index contributed by atoms with van der Waals surface area (Å²) in [5.41, 5.74) is 3.37. The Bertz CT molecular complexity index is 739. The molecule has 3 heteroatoms. The van der Waals surface area contributed by atoms with Crippen LogP contribution in [0.25, 0.3) is 0 Å². The van der Waals surface area contributed by atoms with Crippen molar-refractivity contribution in [3.63, 3.8) is 0 Å². The highest BCUT2D eigenvalue weighted by atomic mass is 31.1. The average Bonchev–Trinajstić information content (AvgIpc) is 2.61. The van der Waals surface area contributed by atoms with Gasteiger partial charge in [-0.15, -0.1) is 0 Å². The van der Waals surface area contributed by atoms with E-state index in [0.29, 0.717) is 8.58 Å². The number of aryl methyl sites for hydroxylation is 1. The lowest BCUT2D eigenvalue weighted by Gasteiger charge is -2.35. The van der Waals surface area contributed by atoms with Gasteiger partial charge in [0.1, 0.15) is 5.75 Å². The third kappa shape index (κ3) is 4.30. The molecule has 0 aliphatic heterocycles. The molecule has 2 nitrogen and oxygen atoms in total. The fourth-order valence-corrected chi connectivity index (χ4v) is 5.47. The number of rotatable bonds is 8. The second-order valence-electron chi connectivity index (χ2n) is 6.62. The Hall–Kier alpha value is -1.66. The van der Waals surface area contributed by atoms with E-state index in [0.717, 1.165) is 35.9 Å². The number of hydrogen-bond donors (Lipinski definition) is 0. The van der Waals surface area contributed by atoms with Crippen molar-refractivity contribution in [2.45, 2.75) is 52.1 Å². The zero-order chi connectivity index (χ0) is 18.4. The van der Waals surface area contributed by atoms with Gasteiger partial charge in [-0.3, -0.25) is 4.79 Å². The van der Waals surface area contributed by atoms with Crippen molar-refractivity contribution in [1.29, 1.82) is 0 Å². The highest BCUT2D eigenvalue weighted by molar-refractivity contribution is 7.48. The quantitative estimate of drug-likeness (QED) is 0.453. The molecule has 0 aliphatic rings. The van der Waals surface area contributed by atoms with E-state index < -0.39 is 0 Å². The fourth-order valence-electron chi connectivity index (χ4n) is 3.50. The van der Waals surface area contributed by atoms with Gasteiger partial charge in [0.25, 0.3) is 0 Å². The summed E-state index contributed by atoms with van der Waals surface area (Å²) in [5.74, 6) is 1.09. The Labute approximate surface area is 153 Å². The molecule has 2 aromatic rings. The Balaban J connectivity index is 2.60. The third-order valence-corrected chi connectivity index (χ3v) is 6.89. The van der Waals surface area contributed by atoms with Crippen molar-refractivity contribution >= 4 is 19.7 Å². The van der Waals surface area contributed by atoms with Gasteiger partial charge in [-0.25, -0.2) is 0 Å². The predicted molar refractivity (Wildman–Crippen MR) is 109 cm³/mol. The molecule has 0 spiro atoms. The van der Waals surface area contributed by atoms with Gasteiger partial charge in [0.2, 0.25) is 0 Å². The van der Waals surface area contributed by atoms with E-state index in [2.05, 4.69) is 45.0 Å². The van der Waals surface area contributed by atoms with Gasteiger partial charge in [0.05, 0.1) is 7.11 Å². The highest BCUT2D eigenvalue weighted by Gasteiger charge is 2.33. The normalized spacial score (nSPS) is 13.8. The molecule has 0 saturated heterocycles. The number of hydrogen-bond acceptors (Lipinski definition) is 2. The average molecular weight is 356 g/mol. The molecule has 2 unspecified atom stereocenters. The molecule has 0 bridgehead atoms. The summed E-state index contributed by atoms with van der Waals surface area (Å²) >= 11 is 0. The summed E-state index contributed by atoms with van der Waals surface area (Å²) < 4.78 is 5.71. The van der Waals surface area contributed by atoms with Crippen LogP contribution in [0.3, 0.4) is 0 Å². The number of benzene rings is 2. The lowest BCUT2D eigenvalue weighted by molar-refractivity contribution is 0.101. The van der Waals surface area contributed by atoms with Crippen molar-refractivity contribution in [3.8, 4) is 5.75 Å². The third-order valence-electron chi connectivity index (χ3n) is 4.83. The fraction of sp³-hybridized carbons (Fsp3) is 0.409. The van der Waals surface area contributed by atoms with Gasteiger partial charge in [-0.2, -0.15) is 0 Å². The first-order valence-corrected chi connectivity index (χ1v) is 10.0. The van der Waals surface area contributed by atoms with Crippen molar-refractivity contribution in [1.82, 2.24) is 0 Å². The van der Waals surface area contributed by atoms with Crippen LogP contribution in [0.4, 0.5) is 0 Å². The van der Waals surface area contributed by atoms with E-state index in [-0.39, 0.29) is 10.9 Å². The Kier molecular flexibility index (Phi) is 6.79. The first kappa shape index (κ1) is 19.7. The first-order chi connectivity index (χ1) is 12.0. The van der Waals surface area contributed by atoms with Crippen LogP contribution in [0.5, 0.6) is 5.75 Å². The van der Waals surface area contributed by atoms with E-state index in [1.807, 2.05) is 18.2 Å². The minimum atomic E-state index is -0.00231. The highest BCUT2D eigenvalue weighted by Crippen LogP contribution is 2.51. The lowest BCUT2D eigenvalue weighted by Crippen LogP contribution is -2.25. The monoisotopic (exact) mass is 356 g/mol. The number of ether oxygens (including phenoxy) is 1. The van der Waals surface area contributed by atoms with Gasteiger partial charge in [0.15, 0.2) is 5.78 Å². The standard InChI is InChI=1S/C22H29O2P/c1-6-14-22(7-2,19-15-16(3)12-13-20(19)24-5)25-21-11-9-8-10-18(21)17(4)23/h8-13,15,25H,6-7,14H2,1-5H3. The molecule has 134 valence electrons. The zero-order valence-electron chi connectivity index (χ0n) is 16.0. The lowest BCUT2D eigenvalue weighted by atomic mass is 9.89. The van der Waals surface area contributed by atoms with Crippen molar-refractivity contribution < 1.29 is 9.53 Å². The summed E-state index contributed by atoms with van der Waals surface area (Å²) in [5, 5.41) is 1.16. The van der Waals surface area contributed by atoms with Gasteiger partial charge in [-0.05, 0) is 38.1 Å². The minimum Gasteiger partial charge on any atom is -0.496 e. The van der Waals surface area contributed by atoms with Crippen molar-refractivity contribution in [2.24, 2.45) is 0 Å². The summed E-state index contributed by atoms with van der Waals surface area (Å²) in [6.07, 6.45) is 3.19. The largest absolute Gasteiger partial charge is 0.496 e. The Morgan fingerprint density at radius 1 is 1.16 bits per heavy atom. The zero-order valence-corrected chi connectivity index (χ0v) is 17.0. The molecule has 0 saturated carbocycles. The van der Waals surface area contributed by atoms with Crippen molar-refractivity contribution in [3.05, 3.63) is 59.2 Å². The van der Waals surface area contributed by atoms with Crippen LogP contribution in [-0.4, -0.2) is 12.9 Å². The molecule has 0 aliphatic carbocycles. The number of methoxy groups -OCH3 is 1. The number of ketones is 1. The molecule has 0 N–H and O–H groups in total. The predicted octanol–water partition coefficient (Wildman–Crippen LogP) is 5.62. The van der Waals surface area contributed by atoms with E-state index in [9.17, 15) is 4.79 Å². The Morgan fingerprint density at radius 3 is 2.48 bits per heavy atom. The molecule has 2 atom stereocenters. The molecule has 2 rings (SSSR count). The van der Waals surface area contributed by atoms with Crippen molar-refractivity contribution in [2.75, 3.05) is 7.11 Å². The van der Waals surface area contributed by atoms with Crippen LogP contribution in [0.2, 0.25) is 0 Å². The van der Waals surface area contributed by atoms with Crippen LogP contribution >= 0.6 is 8.58 Å². The molecule has 0 radical (unpaired) electrons. The van der Waals surface area contributed by atoms with Crippen LogP contribution < -0.4 is 10.0 Å². The summed E-state index contributed by atoms with van der Waals surface area (Å²) in [4.78, 5) is 12.1. The summed E-state index contributed by atoms with van der Waals surface area (Å²) in [6, 6.07) is 14.5. The van der Waals surface area contributed by atoms with Gasteiger partial charge in [0, 0.05) is 16.3 Å². The van der Waals surface area contributed by atoms with Crippen LogP contribution in [0.15, 0.2) is 42.5 Å². The maximum Gasteiger partial charge on any atom is 0.160 e. The molecule has 2 aromatic carbocycles. The van der Waals surface area contributed by atoms with Gasteiger partial charge < -0.3 is 4.74 Å². The molecular formula is C22H29O2P. The summed E-state index contributed by atoms with van der Waals surface area (Å²) in [6.45, 7) is 8.26. The maximum atomic E-state index is 12.1. The number of carbonyl (C=O) groups excluding carboxylic acids is 1. The van der Waals surface area contributed by atoms with E-state index >= 15 is 0 Å². The SMILES string of the molecule is CCCC(CC)(Pc1ccccc1C(C)=O)c1cc(C)ccc1OC. The van der Waals surface area contributed by atoms with E-state index in [1.165, 1.54) is 11.1 Å². The maximum absolute atomic E-state index is 12.1. The molecule has 0 heterocycles. The summed E-state index contributed by atoms with van der Waals surface area (Å²) in [7, 11) is 2.28. The van der Waals surface area contributed by atoms with Gasteiger partial charge >= 0.3 is 0 Å². The molecule has 0 aromatic heterocycles. The number of Topliss-reactive ketones (excluding diaryl/α,β-unsaturated/α-hetero) is 1. The van der Waals surface area contributed by atoms with Crippen LogP contribution in [-0.2, 0) is 5.16 Å². The molecule has 0 fully saturated rings. The van der Waals surface area contributed by atoms with E-state index in [1.54, 1.807) is 14.0 Å². The van der Waals surface area contributed by atoms with Gasteiger partial charge in [-0.1, -0.05) is 70.8 Å². The molecule has 25 heavy (non-hydrogen) atoms. The number of carbonyl (C=O) groups is 1. The minimum absolute atomic E-state index is 0.00231. The first-order valence-electron chi connectivity index (χ1n) is 9.00.